The van der Waals surface area contributed by atoms with Crippen molar-refractivity contribution in [2.24, 2.45) is 0 Å². The van der Waals surface area contributed by atoms with Gasteiger partial charge >= 0.3 is 0 Å². The molecule has 4 rings (SSSR count). The van der Waals surface area contributed by atoms with E-state index >= 15 is 0 Å². The number of aromatic nitrogens is 2. The van der Waals surface area contributed by atoms with Gasteiger partial charge in [-0.15, -0.1) is 0 Å². The van der Waals surface area contributed by atoms with Gasteiger partial charge in [-0.1, -0.05) is 35.9 Å². The van der Waals surface area contributed by atoms with Crippen LogP contribution in [0.15, 0.2) is 55.0 Å². The van der Waals surface area contributed by atoms with E-state index in [1.165, 1.54) is 6.07 Å². The normalized spacial score (nSPS) is 21.8. The molecule has 2 atom stereocenters. The molecule has 0 saturated heterocycles. The maximum atomic E-state index is 14.5. The summed E-state index contributed by atoms with van der Waals surface area (Å²) >= 11 is 0. The Morgan fingerprint density at radius 2 is 2.04 bits per heavy atom. The van der Waals surface area contributed by atoms with Crippen molar-refractivity contribution >= 4 is 0 Å². The van der Waals surface area contributed by atoms with Crippen LogP contribution >= 0.6 is 0 Å². The number of halogens is 1. The summed E-state index contributed by atoms with van der Waals surface area (Å²) in [5.41, 5.74) is 2.00. The lowest BCUT2D eigenvalue weighted by Gasteiger charge is -2.23. The van der Waals surface area contributed by atoms with Crippen LogP contribution < -0.4 is 0 Å². The van der Waals surface area contributed by atoms with Crippen LogP contribution in [-0.2, 0) is 5.60 Å². The maximum absolute atomic E-state index is 14.5. The van der Waals surface area contributed by atoms with Crippen LogP contribution in [0.2, 0.25) is 0 Å². The Labute approximate surface area is 144 Å². The first kappa shape index (κ1) is 15.6. The summed E-state index contributed by atoms with van der Waals surface area (Å²) < 4.78 is 16.3. The summed E-state index contributed by atoms with van der Waals surface area (Å²) in [6, 6.07) is 13.7. The SMILES string of the molecule is Cc1ccc([C@@]2(O)C[C@H](c3ccc(C#N)cc3F)n3cncc32)cc1. The lowest BCUT2D eigenvalue weighted by Crippen LogP contribution is -2.24. The molecule has 0 bridgehead atoms. The lowest BCUT2D eigenvalue weighted by molar-refractivity contribution is 0.0792. The average Bonchev–Trinajstić information content (AvgIpc) is 3.19. The molecule has 0 fully saturated rings. The molecule has 3 aromatic rings. The monoisotopic (exact) mass is 333 g/mol. The van der Waals surface area contributed by atoms with E-state index in [0.29, 0.717) is 17.7 Å². The molecule has 2 aromatic carbocycles. The van der Waals surface area contributed by atoms with Gasteiger partial charge in [-0.2, -0.15) is 5.26 Å². The van der Waals surface area contributed by atoms with E-state index in [2.05, 4.69) is 4.98 Å². The second kappa shape index (κ2) is 5.54. The van der Waals surface area contributed by atoms with E-state index in [1.807, 2.05) is 41.8 Å². The molecule has 2 heterocycles. The summed E-state index contributed by atoms with van der Waals surface area (Å²) in [5, 5.41) is 20.3. The highest BCUT2D eigenvalue weighted by Gasteiger charge is 2.45. The van der Waals surface area contributed by atoms with Crippen LogP contribution in [0, 0.1) is 24.1 Å². The molecule has 25 heavy (non-hydrogen) atoms. The minimum absolute atomic E-state index is 0.277. The highest BCUT2D eigenvalue weighted by Crippen LogP contribution is 2.46. The zero-order valence-corrected chi connectivity index (χ0v) is 13.6. The fraction of sp³-hybridized carbons (Fsp3) is 0.200. The fourth-order valence-corrected chi connectivity index (χ4v) is 3.58. The molecule has 1 aliphatic rings. The molecule has 0 unspecified atom stereocenters. The van der Waals surface area contributed by atoms with Crippen LogP contribution in [0.4, 0.5) is 4.39 Å². The molecule has 1 N–H and O–H groups in total. The third-order valence-corrected chi connectivity index (χ3v) is 4.93. The molecule has 0 saturated carbocycles. The van der Waals surface area contributed by atoms with Crippen molar-refractivity contribution < 1.29 is 9.50 Å². The van der Waals surface area contributed by atoms with Crippen molar-refractivity contribution in [3.8, 4) is 6.07 Å². The fourth-order valence-electron chi connectivity index (χ4n) is 3.58. The molecule has 0 aliphatic carbocycles. The van der Waals surface area contributed by atoms with Gasteiger partial charge in [0.25, 0.3) is 0 Å². The van der Waals surface area contributed by atoms with Crippen molar-refractivity contribution in [1.29, 1.82) is 5.26 Å². The van der Waals surface area contributed by atoms with Gasteiger partial charge in [-0.25, -0.2) is 9.37 Å². The molecule has 4 nitrogen and oxygen atoms in total. The standard InChI is InChI=1S/C20H16FN3O/c1-13-2-5-15(6-3-13)20(25)9-18(24-12-23-11-19(20)24)16-7-4-14(10-22)8-17(16)21/h2-8,11-12,18,25H,9H2,1H3/t18-,20+/m1/s1. The first-order chi connectivity index (χ1) is 12.0. The van der Waals surface area contributed by atoms with Gasteiger partial charge in [-0.3, -0.25) is 0 Å². The van der Waals surface area contributed by atoms with Gasteiger partial charge in [-0.05, 0) is 24.6 Å². The van der Waals surface area contributed by atoms with Gasteiger partial charge in [0, 0.05) is 12.0 Å². The number of nitriles is 1. The quantitative estimate of drug-likeness (QED) is 0.781. The Balaban J connectivity index is 1.81. The summed E-state index contributed by atoms with van der Waals surface area (Å²) in [6.45, 7) is 1.99. The van der Waals surface area contributed by atoms with Crippen molar-refractivity contribution in [1.82, 2.24) is 9.55 Å². The zero-order chi connectivity index (χ0) is 17.6. The average molecular weight is 333 g/mol. The third kappa shape index (κ3) is 2.34. The van der Waals surface area contributed by atoms with Crippen molar-refractivity contribution in [3.05, 3.63) is 88.8 Å². The van der Waals surface area contributed by atoms with Crippen LogP contribution in [0.1, 0.15) is 40.4 Å². The summed E-state index contributed by atoms with van der Waals surface area (Å²) in [6.07, 6.45) is 3.56. The Bertz CT molecular complexity index is 987. The number of hydrogen-bond acceptors (Lipinski definition) is 3. The Hall–Kier alpha value is -2.97. The van der Waals surface area contributed by atoms with Crippen LogP contribution in [0.3, 0.4) is 0 Å². The highest BCUT2D eigenvalue weighted by molar-refractivity contribution is 5.41. The number of fused-ring (bicyclic) bond motifs is 1. The minimum Gasteiger partial charge on any atom is -0.379 e. The number of nitrogens with zero attached hydrogens (tertiary/aromatic N) is 3. The predicted octanol–water partition coefficient (Wildman–Crippen LogP) is 3.43. The predicted molar refractivity (Wildman–Crippen MR) is 90.3 cm³/mol. The first-order valence-corrected chi connectivity index (χ1v) is 8.04. The summed E-state index contributed by atoms with van der Waals surface area (Å²) in [7, 11) is 0. The molecular formula is C20H16FN3O. The number of imidazole rings is 1. The Kier molecular flexibility index (Phi) is 3.45. The van der Waals surface area contributed by atoms with E-state index in [9.17, 15) is 9.50 Å². The molecule has 1 aromatic heterocycles. The number of rotatable bonds is 2. The van der Waals surface area contributed by atoms with E-state index in [4.69, 9.17) is 5.26 Å². The van der Waals surface area contributed by atoms with Crippen molar-refractivity contribution in [2.75, 3.05) is 0 Å². The zero-order valence-electron chi connectivity index (χ0n) is 13.6. The van der Waals surface area contributed by atoms with E-state index in [1.54, 1.807) is 24.7 Å². The van der Waals surface area contributed by atoms with Crippen molar-refractivity contribution in [2.45, 2.75) is 25.0 Å². The molecule has 1 aliphatic heterocycles. The highest BCUT2D eigenvalue weighted by atomic mass is 19.1. The third-order valence-electron chi connectivity index (χ3n) is 4.93. The van der Waals surface area contributed by atoms with Gasteiger partial charge in [0.05, 0.1) is 35.9 Å². The summed E-state index contributed by atoms with van der Waals surface area (Å²) in [5.74, 6) is -0.447. The molecule has 0 radical (unpaired) electrons. The molecule has 124 valence electrons. The molecule has 0 amide bonds. The molecule has 0 spiro atoms. The largest absolute Gasteiger partial charge is 0.379 e. The van der Waals surface area contributed by atoms with Crippen LogP contribution in [0.5, 0.6) is 0 Å². The summed E-state index contributed by atoms with van der Waals surface area (Å²) in [4.78, 5) is 4.15. The molecular weight excluding hydrogens is 317 g/mol. The number of benzene rings is 2. The van der Waals surface area contributed by atoms with Gasteiger partial charge in [0.1, 0.15) is 11.4 Å². The van der Waals surface area contributed by atoms with Gasteiger partial charge in [0.2, 0.25) is 0 Å². The smallest absolute Gasteiger partial charge is 0.133 e. The minimum atomic E-state index is -1.23. The Morgan fingerprint density at radius 1 is 1.28 bits per heavy atom. The van der Waals surface area contributed by atoms with E-state index in [0.717, 1.165) is 11.1 Å². The second-order valence-corrected chi connectivity index (χ2v) is 6.48. The van der Waals surface area contributed by atoms with Gasteiger partial charge < -0.3 is 9.67 Å². The first-order valence-electron chi connectivity index (χ1n) is 8.04. The second-order valence-electron chi connectivity index (χ2n) is 6.48. The van der Waals surface area contributed by atoms with E-state index < -0.39 is 11.4 Å². The van der Waals surface area contributed by atoms with Crippen LogP contribution in [-0.4, -0.2) is 14.7 Å². The number of aryl methyl sites for hydroxylation is 1. The number of hydrogen-bond donors (Lipinski definition) is 1. The van der Waals surface area contributed by atoms with Gasteiger partial charge in [0.15, 0.2) is 0 Å². The Morgan fingerprint density at radius 3 is 2.72 bits per heavy atom. The topological polar surface area (TPSA) is 61.8 Å². The lowest BCUT2D eigenvalue weighted by atomic mass is 9.86. The number of aliphatic hydroxyl groups is 1. The van der Waals surface area contributed by atoms with Crippen molar-refractivity contribution in [3.63, 3.8) is 0 Å². The maximum Gasteiger partial charge on any atom is 0.133 e. The van der Waals surface area contributed by atoms with E-state index in [-0.39, 0.29) is 11.6 Å². The molecule has 5 heteroatoms. The van der Waals surface area contributed by atoms with Crippen LogP contribution in [0.25, 0.3) is 0 Å².